The molecular formula is C30H19BrClF3N4O9S. The summed E-state index contributed by atoms with van der Waals surface area (Å²) < 4.78 is 60.3. The van der Waals surface area contributed by atoms with Gasteiger partial charge in [0.1, 0.15) is 0 Å². The van der Waals surface area contributed by atoms with Gasteiger partial charge in [0.15, 0.2) is 22.0 Å². The van der Waals surface area contributed by atoms with E-state index in [2.05, 4.69) is 20.9 Å². The molecule has 1 atom stereocenters. The Balaban J connectivity index is 1.66. The van der Waals surface area contributed by atoms with E-state index in [4.69, 9.17) is 25.8 Å². The van der Waals surface area contributed by atoms with Gasteiger partial charge in [0, 0.05) is 11.1 Å². The molecule has 0 amide bonds. The molecule has 0 N–H and O–H groups in total. The Morgan fingerprint density at radius 3 is 2.39 bits per heavy atom. The molecule has 0 radical (unpaired) electrons. The second-order valence-electron chi connectivity index (χ2n) is 9.92. The van der Waals surface area contributed by atoms with Crippen LogP contribution in [-0.4, -0.2) is 40.3 Å². The van der Waals surface area contributed by atoms with Crippen LogP contribution in [0.2, 0.25) is 5.02 Å². The smallest absolute Gasteiger partial charge is 0.434 e. The predicted octanol–water partition coefficient (Wildman–Crippen LogP) is 6.37. The third-order valence-electron chi connectivity index (χ3n) is 6.89. The molecule has 1 aliphatic rings. The topological polar surface area (TPSA) is 165 Å². The first-order valence-corrected chi connectivity index (χ1v) is 15.7. The number of non-ortho nitro benzene ring substituents is 1. The predicted molar refractivity (Wildman–Crippen MR) is 173 cm³/mol. The molecule has 49 heavy (non-hydrogen) atoms. The number of nitrogens with zero attached hydrogens (tertiary/aromatic N) is 4. The van der Waals surface area contributed by atoms with Gasteiger partial charge in [-0.05, 0) is 70.4 Å². The van der Waals surface area contributed by atoms with Gasteiger partial charge in [-0.25, -0.2) is 9.79 Å². The molecule has 0 bridgehead atoms. The molecule has 0 aliphatic carbocycles. The summed E-state index contributed by atoms with van der Waals surface area (Å²) in [7, 11) is 1.26. The SMILES string of the molecule is CCOC(=O)C1=C(C(F)(F)F)N=c2s/c(=C\c3cc(Br)c(Oc4ccc([N+](=O)[O-])cc4[N+](=O)[O-])c(OC)c3)c(=O)n2[C@H]1c1ccc(Cl)cc1. The first kappa shape index (κ1) is 35.2. The lowest BCUT2D eigenvalue weighted by molar-refractivity contribution is -0.394. The number of ether oxygens (including phenoxy) is 3. The summed E-state index contributed by atoms with van der Waals surface area (Å²) in [4.78, 5) is 51.4. The number of fused-ring (bicyclic) bond motifs is 1. The van der Waals surface area contributed by atoms with Crippen molar-refractivity contribution in [2.24, 2.45) is 4.99 Å². The summed E-state index contributed by atoms with van der Waals surface area (Å²) in [6, 6.07) is 9.64. The van der Waals surface area contributed by atoms with Crippen molar-refractivity contribution in [3.63, 3.8) is 0 Å². The Morgan fingerprint density at radius 1 is 1.10 bits per heavy atom. The minimum atomic E-state index is -5.09. The number of thiazole rings is 1. The Kier molecular flexibility index (Phi) is 9.93. The van der Waals surface area contributed by atoms with E-state index < -0.39 is 56.2 Å². The largest absolute Gasteiger partial charge is 0.493 e. The second-order valence-corrected chi connectivity index (χ2v) is 12.2. The van der Waals surface area contributed by atoms with E-state index in [1.807, 2.05) is 0 Å². The lowest BCUT2D eigenvalue weighted by Crippen LogP contribution is -2.41. The molecule has 0 fully saturated rings. The van der Waals surface area contributed by atoms with Crippen molar-refractivity contribution in [2.45, 2.75) is 19.1 Å². The Labute approximate surface area is 289 Å². The molecule has 19 heteroatoms. The minimum Gasteiger partial charge on any atom is -0.493 e. The molecule has 0 saturated carbocycles. The number of carbonyl (C=O) groups excluding carboxylic acids is 1. The van der Waals surface area contributed by atoms with Gasteiger partial charge >= 0.3 is 17.8 Å². The van der Waals surface area contributed by atoms with Gasteiger partial charge in [0.2, 0.25) is 5.75 Å². The van der Waals surface area contributed by atoms with Crippen LogP contribution < -0.4 is 24.4 Å². The molecule has 1 aromatic heterocycles. The standard InChI is InChI=1S/C30H19BrClF3N4O9S/c1-3-47-28(41)23-24(15-4-6-16(32)7-5-15)37-27(40)22(49-29(37)36-26(23)30(33,34)35)12-14-10-18(31)25(21(11-14)46-2)48-20-9-8-17(38(42)43)13-19(20)39(44)45/h4-13,24H,3H2,1-2H3/b22-12-/t24-/m0/s1. The van der Waals surface area contributed by atoms with Gasteiger partial charge in [0.25, 0.3) is 11.2 Å². The normalized spacial score (nSPS) is 14.6. The number of esters is 1. The zero-order chi connectivity index (χ0) is 35.8. The third kappa shape index (κ3) is 7.06. The summed E-state index contributed by atoms with van der Waals surface area (Å²) in [6.07, 6.45) is -3.75. The van der Waals surface area contributed by atoms with E-state index in [-0.39, 0.29) is 53.8 Å². The van der Waals surface area contributed by atoms with E-state index in [1.54, 1.807) is 0 Å². The fourth-order valence-corrected chi connectivity index (χ4v) is 6.50. The van der Waals surface area contributed by atoms with Crippen LogP contribution in [0.25, 0.3) is 6.08 Å². The number of methoxy groups -OCH3 is 1. The average molecular weight is 784 g/mol. The number of carbonyl (C=O) groups is 1. The number of hydrogen-bond acceptors (Lipinski definition) is 11. The van der Waals surface area contributed by atoms with Crippen molar-refractivity contribution >= 4 is 62.3 Å². The zero-order valence-electron chi connectivity index (χ0n) is 24.8. The van der Waals surface area contributed by atoms with Crippen LogP contribution in [0, 0.1) is 20.2 Å². The highest BCUT2D eigenvalue weighted by molar-refractivity contribution is 9.10. The first-order valence-electron chi connectivity index (χ1n) is 13.7. The molecule has 5 rings (SSSR count). The molecule has 13 nitrogen and oxygen atoms in total. The number of allylic oxidation sites excluding steroid dienone is 1. The van der Waals surface area contributed by atoms with Crippen LogP contribution >= 0.6 is 38.9 Å². The summed E-state index contributed by atoms with van der Waals surface area (Å²) in [5.41, 5.74) is -3.96. The van der Waals surface area contributed by atoms with Gasteiger partial charge in [-0.2, -0.15) is 13.2 Å². The highest BCUT2D eigenvalue weighted by atomic mass is 79.9. The Bertz CT molecular complexity index is 2240. The van der Waals surface area contributed by atoms with Crippen molar-refractivity contribution < 1.29 is 42.0 Å². The molecular weight excluding hydrogens is 765 g/mol. The summed E-state index contributed by atoms with van der Waals surface area (Å²) in [6.45, 7) is 1.19. The lowest BCUT2D eigenvalue weighted by atomic mass is 9.95. The first-order chi connectivity index (χ1) is 23.1. The van der Waals surface area contributed by atoms with Crippen LogP contribution in [0.5, 0.6) is 17.2 Å². The zero-order valence-corrected chi connectivity index (χ0v) is 28.0. The molecule has 0 unspecified atom stereocenters. The van der Waals surface area contributed by atoms with Crippen LogP contribution in [-0.2, 0) is 9.53 Å². The van der Waals surface area contributed by atoms with Crippen molar-refractivity contribution in [2.75, 3.05) is 13.7 Å². The fourth-order valence-electron chi connectivity index (χ4n) is 4.83. The lowest BCUT2D eigenvalue weighted by Gasteiger charge is -2.26. The van der Waals surface area contributed by atoms with E-state index in [1.165, 1.54) is 56.5 Å². The minimum absolute atomic E-state index is 0.00375. The number of aromatic nitrogens is 1. The number of alkyl halides is 3. The number of nitro benzene ring substituents is 2. The fraction of sp³-hybridized carbons (Fsp3) is 0.167. The van der Waals surface area contributed by atoms with Crippen LogP contribution in [0.15, 0.2) is 80.1 Å². The molecule has 0 spiro atoms. The van der Waals surface area contributed by atoms with E-state index in [0.717, 1.165) is 22.8 Å². The van der Waals surface area contributed by atoms with E-state index in [9.17, 15) is 43.0 Å². The van der Waals surface area contributed by atoms with Crippen molar-refractivity contribution in [1.82, 2.24) is 4.57 Å². The number of benzene rings is 3. The van der Waals surface area contributed by atoms with E-state index >= 15 is 0 Å². The Hall–Kier alpha value is -5.07. The highest BCUT2D eigenvalue weighted by Gasteiger charge is 2.45. The second kappa shape index (κ2) is 13.8. The maximum atomic E-state index is 14.4. The van der Waals surface area contributed by atoms with Gasteiger partial charge < -0.3 is 14.2 Å². The van der Waals surface area contributed by atoms with E-state index in [0.29, 0.717) is 11.3 Å². The Morgan fingerprint density at radius 2 is 1.80 bits per heavy atom. The maximum Gasteiger partial charge on any atom is 0.434 e. The summed E-state index contributed by atoms with van der Waals surface area (Å²) >= 11 is 9.95. The molecule has 2 heterocycles. The van der Waals surface area contributed by atoms with Gasteiger partial charge in [0.05, 0.1) is 50.2 Å². The summed E-state index contributed by atoms with van der Waals surface area (Å²) in [5.74, 6) is -1.69. The van der Waals surface area contributed by atoms with Crippen LogP contribution in [0.1, 0.15) is 24.1 Å². The number of nitro groups is 2. The molecule has 3 aromatic carbocycles. The molecule has 0 saturated heterocycles. The maximum absolute atomic E-state index is 14.4. The van der Waals surface area contributed by atoms with Gasteiger partial charge in [-0.15, -0.1) is 0 Å². The summed E-state index contributed by atoms with van der Waals surface area (Å²) in [5, 5.41) is 23.0. The van der Waals surface area contributed by atoms with Crippen LogP contribution in [0.4, 0.5) is 24.5 Å². The monoisotopic (exact) mass is 782 g/mol. The van der Waals surface area contributed by atoms with Crippen molar-refractivity contribution in [1.29, 1.82) is 0 Å². The molecule has 254 valence electrons. The number of hydrogen-bond donors (Lipinski definition) is 0. The third-order valence-corrected chi connectivity index (χ3v) is 8.72. The average Bonchev–Trinajstić information content (AvgIpc) is 3.35. The van der Waals surface area contributed by atoms with Crippen molar-refractivity contribution in [3.05, 3.63) is 126 Å². The quantitative estimate of drug-likeness (QED) is 0.107. The highest BCUT2D eigenvalue weighted by Crippen LogP contribution is 2.43. The van der Waals surface area contributed by atoms with Crippen LogP contribution in [0.3, 0.4) is 0 Å². The molecule has 1 aliphatic heterocycles. The van der Waals surface area contributed by atoms with Gasteiger partial charge in [-0.1, -0.05) is 35.1 Å². The van der Waals surface area contributed by atoms with Crippen molar-refractivity contribution in [3.8, 4) is 17.2 Å². The number of halogens is 5. The molecule has 4 aromatic rings. The van der Waals surface area contributed by atoms with Gasteiger partial charge in [-0.3, -0.25) is 29.6 Å². The number of rotatable bonds is 9.